The molecule has 7 aromatic carbocycles. The molecule has 0 saturated heterocycles. The van der Waals surface area contributed by atoms with E-state index in [1.54, 1.807) is 0 Å². The second kappa shape index (κ2) is 12.7. The summed E-state index contributed by atoms with van der Waals surface area (Å²) in [7, 11) is 0. The molecule has 0 radical (unpaired) electrons. The summed E-state index contributed by atoms with van der Waals surface area (Å²) in [5, 5.41) is 2.52. The molecule has 2 aromatic heterocycles. The lowest BCUT2D eigenvalue weighted by Crippen LogP contribution is -2.13. The topological polar surface area (TPSA) is 34.0 Å². The zero-order valence-electron chi connectivity index (χ0n) is 29.5. The van der Waals surface area contributed by atoms with E-state index >= 15 is 0 Å². The van der Waals surface area contributed by atoms with Crippen LogP contribution >= 0.6 is 0 Å². The third kappa shape index (κ3) is 5.50. The highest BCUT2D eigenvalue weighted by atomic mass is 15.1. The van der Waals surface area contributed by atoms with Crippen molar-refractivity contribution < 1.29 is 0 Å². The number of nitrogens with zero attached hydrogens (tertiary/aromatic N) is 4. The van der Waals surface area contributed by atoms with Crippen LogP contribution in [0.4, 0.5) is 17.1 Å². The first-order valence-electron chi connectivity index (χ1n) is 17.8. The van der Waals surface area contributed by atoms with Crippen molar-refractivity contribution in [3.05, 3.63) is 181 Å². The van der Waals surface area contributed by atoms with Crippen molar-refractivity contribution in [2.24, 2.45) is 0 Å². The normalized spacial score (nSPS) is 11.8. The monoisotopic (exact) mass is 670 g/mol. The Kier molecular flexibility index (Phi) is 7.66. The minimum atomic E-state index is -0.0616. The van der Waals surface area contributed by atoms with Gasteiger partial charge in [0.15, 0.2) is 0 Å². The standard InChI is InChI=1S/C48H38N4/c1-48(2,3)41-21-14-22-42-47(41)50-46(33-15-6-4-7-16-33)45(49-42)34-25-27-36(28-26-34)51(35-17-8-5-9-18-35)37-29-31-38(32-30-37)52-43-23-12-10-19-39(43)40-20-11-13-24-44(40)52/h4-32H,1-3H3. The summed E-state index contributed by atoms with van der Waals surface area (Å²) in [6, 6.07) is 62.2. The van der Waals surface area contributed by atoms with Gasteiger partial charge in [0.2, 0.25) is 0 Å². The van der Waals surface area contributed by atoms with Gasteiger partial charge >= 0.3 is 0 Å². The van der Waals surface area contributed by atoms with Crippen molar-refractivity contribution in [1.82, 2.24) is 14.5 Å². The SMILES string of the molecule is CC(C)(C)c1cccc2nc(-c3ccc(N(c4ccccc4)c4ccc(-n5c6ccccc6c6ccccc65)cc4)cc3)c(-c3ccccc3)nc12. The maximum absolute atomic E-state index is 5.33. The average molecular weight is 671 g/mol. The summed E-state index contributed by atoms with van der Waals surface area (Å²) in [5.74, 6) is 0. The number of benzene rings is 7. The fraction of sp³-hybridized carbons (Fsp3) is 0.0833. The zero-order chi connectivity index (χ0) is 35.2. The molecule has 0 aliphatic rings. The minimum absolute atomic E-state index is 0.0616. The fourth-order valence-corrected chi connectivity index (χ4v) is 7.43. The summed E-state index contributed by atoms with van der Waals surface area (Å²) in [6.45, 7) is 6.69. The molecule has 250 valence electrons. The van der Waals surface area contributed by atoms with E-state index in [4.69, 9.17) is 9.97 Å². The zero-order valence-corrected chi connectivity index (χ0v) is 29.5. The summed E-state index contributed by atoms with van der Waals surface area (Å²) >= 11 is 0. The van der Waals surface area contributed by atoms with Crippen LogP contribution < -0.4 is 4.90 Å². The maximum atomic E-state index is 5.33. The molecule has 9 rings (SSSR count). The molecule has 0 N–H and O–H groups in total. The van der Waals surface area contributed by atoms with E-state index in [0.717, 1.165) is 56.3 Å². The molecule has 4 heteroatoms. The van der Waals surface area contributed by atoms with E-state index < -0.39 is 0 Å². The summed E-state index contributed by atoms with van der Waals surface area (Å²) in [4.78, 5) is 12.9. The Morgan fingerprint density at radius 3 is 1.56 bits per heavy atom. The van der Waals surface area contributed by atoms with Crippen molar-refractivity contribution in [2.45, 2.75) is 26.2 Å². The van der Waals surface area contributed by atoms with Gasteiger partial charge < -0.3 is 9.47 Å². The van der Waals surface area contributed by atoms with Gasteiger partial charge in [-0.1, -0.05) is 130 Å². The van der Waals surface area contributed by atoms with Gasteiger partial charge in [-0.15, -0.1) is 0 Å². The van der Waals surface area contributed by atoms with Crippen LogP contribution in [0.5, 0.6) is 0 Å². The Morgan fingerprint density at radius 2 is 0.942 bits per heavy atom. The molecule has 4 nitrogen and oxygen atoms in total. The van der Waals surface area contributed by atoms with Crippen LogP contribution in [-0.4, -0.2) is 14.5 Å². The predicted octanol–water partition coefficient (Wildman–Crippen LogP) is 12.8. The number of para-hydroxylation sites is 4. The Hall–Kier alpha value is -6.52. The molecular formula is C48H38N4. The van der Waals surface area contributed by atoms with Crippen molar-refractivity contribution in [3.8, 4) is 28.2 Å². The van der Waals surface area contributed by atoms with Crippen LogP contribution in [0, 0.1) is 0 Å². The van der Waals surface area contributed by atoms with Crippen LogP contribution in [0.25, 0.3) is 61.0 Å². The lowest BCUT2D eigenvalue weighted by Gasteiger charge is -2.26. The van der Waals surface area contributed by atoms with E-state index in [-0.39, 0.29) is 5.41 Å². The van der Waals surface area contributed by atoms with Crippen molar-refractivity contribution in [2.75, 3.05) is 4.90 Å². The minimum Gasteiger partial charge on any atom is -0.311 e. The van der Waals surface area contributed by atoms with Gasteiger partial charge in [-0.2, -0.15) is 0 Å². The number of hydrogen-bond donors (Lipinski definition) is 0. The molecule has 9 aromatic rings. The first-order chi connectivity index (χ1) is 25.4. The molecule has 0 aliphatic heterocycles. The quantitative estimate of drug-likeness (QED) is 0.177. The molecule has 52 heavy (non-hydrogen) atoms. The van der Waals surface area contributed by atoms with Crippen LogP contribution in [0.15, 0.2) is 176 Å². The highest BCUT2D eigenvalue weighted by molar-refractivity contribution is 6.09. The Bertz CT molecular complexity index is 2630. The van der Waals surface area contributed by atoms with Crippen LogP contribution in [-0.2, 0) is 5.41 Å². The number of aromatic nitrogens is 3. The Balaban J connectivity index is 1.14. The predicted molar refractivity (Wildman–Crippen MR) is 218 cm³/mol. The number of fused-ring (bicyclic) bond motifs is 4. The fourth-order valence-electron chi connectivity index (χ4n) is 7.43. The lowest BCUT2D eigenvalue weighted by molar-refractivity contribution is 0.594. The lowest BCUT2D eigenvalue weighted by atomic mass is 9.86. The second-order valence-electron chi connectivity index (χ2n) is 14.3. The summed E-state index contributed by atoms with van der Waals surface area (Å²) < 4.78 is 2.36. The van der Waals surface area contributed by atoms with Gasteiger partial charge in [-0.05, 0) is 77.7 Å². The summed E-state index contributed by atoms with van der Waals surface area (Å²) in [5.41, 5.74) is 13.6. The molecule has 2 heterocycles. The molecule has 0 unspecified atom stereocenters. The van der Waals surface area contributed by atoms with E-state index in [2.05, 4.69) is 200 Å². The van der Waals surface area contributed by atoms with Gasteiger partial charge in [0.1, 0.15) is 0 Å². The molecular weight excluding hydrogens is 633 g/mol. The van der Waals surface area contributed by atoms with E-state index in [1.165, 1.54) is 27.4 Å². The van der Waals surface area contributed by atoms with E-state index in [0.29, 0.717) is 0 Å². The largest absolute Gasteiger partial charge is 0.311 e. The molecule has 0 aliphatic carbocycles. The number of rotatable bonds is 6. The summed E-state index contributed by atoms with van der Waals surface area (Å²) in [6.07, 6.45) is 0. The van der Waals surface area contributed by atoms with Crippen LogP contribution in [0.3, 0.4) is 0 Å². The molecule has 0 atom stereocenters. The Morgan fingerprint density at radius 1 is 0.442 bits per heavy atom. The second-order valence-corrected chi connectivity index (χ2v) is 14.3. The molecule has 0 spiro atoms. The van der Waals surface area contributed by atoms with Crippen molar-refractivity contribution in [1.29, 1.82) is 0 Å². The molecule has 0 saturated carbocycles. The van der Waals surface area contributed by atoms with E-state index in [1.807, 2.05) is 6.07 Å². The van der Waals surface area contributed by atoms with Crippen LogP contribution in [0.1, 0.15) is 26.3 Å². The smallest absolute Gasteiger partial charge is 0.0973 e. The van der Waals surface area contributed by atoms with Crippen molar-refractivity contribution >= 4 is 49.9 Å². The maximum Gasteiger partial charge on any atom is 0.0973 e. The molecule has 0 fully saturated rings. The van der Waals surface area contributed by atoms with E-state index in [9.17, 15) is 0 Å². The van der Waals surface area contributed by atoms with Gasteiger partial charge in [0.25, 0.3) is 0 Å². The van der Waals surface area contributed by atoms with Gasteiger partial charge in [0.05, 0.1) is 33.5 Å². The average Bonchev–Trinajstić information content (AvgIpc) is 3.53. The third-order valence-electron chi connectivity index (χ3n) is 9.91. The highest BCUT2D eigenvalue weighted by Gasteiger charge is 2.22. The number of hydrogen-bond acceptors (Lipinski definition) is 3. The van der Waals surface area contributed by atoms with Crippen LogP contribution in [0.2, 0.25) is 0 Å². The van der Waals surface area contributed by atoms with Crippen molar-refractivity contribution in [3.63, 3.8) is 0 Å². The first kappa shape index (κ1) is 31.5. The number of anilines is 3. The Labute approximate surface area is 304 Å². The third-order valence-corrected chi connectivity index (χ3v) is 9.91. The van der Waals surface area contributed by atoms with Gasteiger partial charge in [-0.25, -0.2) is 9.97 Å². The highest BCUT2D eigenvalue weighted by Crippen LogP contribution is 2.39. The molecule has 0 bridgehead atoms. The van der Waals surface area contributed by atoms with Gasteiger partial charge in [0, 0.05) is 44.6 Å². The first-order valence-corrected chi connectivity index (χ1v) is 17.8. The molecule has 0 amide bonds. The van der Waals surface area contributed by atoms with Gasteiger partial charge in [-0.3, -0.25) is 0 Å².